The van der Waals surface area contributed by atoms with Gasteiger partial charge in [0.25, 0.3) is 0 Å². The van der Waals surface area contributed by atoms with Crippen LogP contribution in [0.1, 0.15) is 37.7 Å². The van der Waals surface area contributed by atoms with E-state index in [9.17, 15) is 13.6 Å². The van der Waals surface area contributed by atoms with E-state index in [1.54, 1.807) is 0 Å². The fraction of sp³-hybridized carbons (Fsp3) is 0.300. The molecule has 2 N–H and O–H groups in total. The van der Waals surface area contributed by atoms with E-state index in [0.717, 1.165) is 29.2 Å². The Labute approximate surface area is 150 Å². The second-order valence-electron chi connectivity index (χ2n) is 6.66. The molecule has 0 saturated heterocycles. The summed E-state index contributed by atoms with van der Waals surface area (Å²) in [6.45, 7) is 3.98. The number of rotatable bonds is 6. The van der Waals surface area contributed by atoms with E-state index in [-0.39, 0.29) is 36.3 Å². The summed E-state index contributed by atoms with van der Waals surface area (Å²) in [6.07, 6.45) is 0.212. The molecule has 0 aliphatic carbocycles. The van der Waals surface area contributed by atoms with E-state index in [2.05, 4.69) is 15.3 Å². The van der Waals surface area contributed by atoms with Crippen molar-refractivity contribution < 1.29 is 13.6 Å². The van der Waals surface area contributed by atoms with Gasteiger partial charge in [-0.05, 0) is 48.2 Å². The van der Waals surface area contributed by atoms with Gasteiger partial charge in [-0.2, -0.15) is 0 Å². The third kappa shape index (κ3) is 4.07. The molecule has 0 spiro atoms. The van der Waals surface area contributed by atoms with E-state index >= 15 is 0 Å². The Bertz CT molecular complexity index is 887. The van der Waals surface area contributed by atoms with Gasteiger partial charge in [0.05, 0.1) is 17.1 Å². The maximum absolute atomic E-state index is 13.7. The molecule has 1 unspecified atom stereocenters. The molecule has 2 aromatic carbocycles. The Morgan fingerprint density at radius 1 is 1.19 bits per heavy atom. The van der Waals surface area contributed by atoms with Gasteiger partial charge in [0.15, 0.2) is 0 Å². The average Bonchev–Trinajstić information content (AvgIpc) is 3.03. The molecule has 4 nitrogen and oxygen atoms in total. The number of benzene rings is 2. The lowest BCUT2D eigenvalue weighted by Crippen LogP contribution is -2.32. The van der Waals surface area contributed by atoms with E-state index in [1.165, 1.54) is 0 Å². The molecule has 0 aliphatic rings. The Kier molecular flexibility index (Phi) is 5.30. The van der Waals surface area contributed by atoms with E-state index in [1.807, 2.05) is 38.1 Å². The van der Waals surface area contributed by atoms with E-state index in [4.69, 9.17) is 0 Å². The van der Waals surface area contributed by atoms with Crippen molar-refractivity contribution in [1.29, 1.82) is 0 Å². The summed E-state index contributed by atoms with van der Waals surface area (Å²) in [5, 5.41) is 2.95. The minimum Gasteiger partial charge on any atom is -0.346 e. The van der Waals surface area contributed by atoms with E-state index in [0.29, 0.717) is 5.82 Å². The van der Waals surface area contributed by atoms with Crippen molar-refractivity contribution in [2.75, 3.05) is 0 Å². The molecule has 1 atom stereocenters. The first-order chi connectivity index (χ1) is 12.4. The molecule has 1 aromatic heterocycles. The van der Waals surface area contributed by atoms with Crippen LogP contribution >= 0.6 is 0 Å². The maximum atomic E-state index is 13.7. The quantitative estimate of drug-likeness (QED) is 0.691. The number of nitrogens with one attached hydrogen (secondary N) is 2. The lowest BCUT2D eigenvalue weighted by molar-refractivity contribution is -0.122. The van der Waals surface area contributed by atoms with Gasteiger partial charge < -0.3 is 10.3 Å². The maximum Gasteiger partial charge on any atom is 0.220 e. The summed E-state index contributed by atoms with van der Waals surface area (Å²) in [4.78, 5) is 20.1. The van der Waals surface area contributed by atoms with Gasteiger partial charge in [-0.15, -0.1) is 0 Å². The van der Waals surface area contributed by atoms with Crippen molar-refractivity contribution in [3.63, 3.8) is 0 Å². The molecule has 3 rings (SSSR count). The number of para-hydroxylation sites is 2. The molecule has 0 bridgehead atoms. The fourth-order valence-electron chi connectivity index (χ4n) is 2.90. The second kappa shape index (κ2) is 7.64. The first-order valence-corrected chi connectivity index (χ1v) is 8.62. The normalized spacial score (nSPS) is 12.5. The van der Waals surface area contributed by atoms with Gasteiger partial charge >= 0.3 is 0 Å². The third-order valence-electron chi connectivity index (χ3n) is 4.31. The Balaban J connectivity index is 1.69. The van der Waals surface area contributed by atoms with Gasteiger partial charge in [-0.25, -0.2) is 13.8 Å². The summed E-state index contributed by atoms with van der Waals surface area (Å²) in [6, 6.07) is 10.6. The predicted molar refractivity (Wildman–Crippen MR) is 96.5 cm³/mol. The Hall–Kier alpha value is -2.76. The molecule has 1 heterocycles. The molecule has 3 aromatic rings. The summed E-state index contributed by atoms with van der Waals surface area (Å²) in [7, 11) is 0. The average molecular weight is 357 g/mol. The van der Waals surface area contributed by atoms with Crippen LogP contribution in [0.5, 0.6) is 0 Å². The zero-order valence-corrected chi connectivity index (χ0v) is 14.7. The summed E-state index contributed by atoms with van der Waals surface area (Å²) >= 11 is 0. The largest absolute Gasteiger partial charge is 0.346 e. The second-order valence-corrected chi connectivity index (χ2v) is 6.66. The topological polar surface area (TPSA) is 57.8 Å². The van der Waals surface area contributed by atoms with Crippen LogP contribution in [-0.4, -0.2) is 15.9 Å². The van der Waals surface area contributed by atoms with Gasteiger partial charge in [0.2, 0.25) is 5.91 Å². The van der Waals surface area contributed by atoms with Crippen LogP contribution in [0.4, 0.5) is 8.78 Å². The van der Waals surface area contributed by atoms with Crippen LogP contribution < -0.4 is 5.32 Å². The Morgan fingerprint density at radius 2 is 1.96 bits per heavy atom. The van der Waals surface area contributed by atoms with Crippen LogP contribution in [0.3, 0.4) is 0 Å². The fourth-order valence-corrected chi connectivity index (χ4v) is 2.90. The molecule has 26 heavy (non-hydrogen) atoms. The number of nitrogens with zero attached hydrogens (tertiary/aromatic N) is 1. The lowest BCUT2D eigenvalue weighted by Gasteiger charge is -2.20. The van der Waals surface area contributed by atoms with Gasteiger partial charge in [-0.1, -0.05) is 26.0 Å². The van der Waals surface area contributed by atoms with Crippen molar-refractivity contribution in [1.82, 2.24) is 15.3 Å². The third-order valence-corrected chi connectivity index (χ3v) is 4.31. The number of carbonyl (C=O) groups excluding carboxylic acids is 1. The molecular formula is C20H21F2N3O. The number of amides is 1. The van der Waals surface area contributed by atoms with Crippen molar-refractivity contribution >= 4 is 16.9 Å². The number of halogens is 2. The number of fused-ring (bicyclic) bond motifs is 1. The zero-order chi connectivity index (χ0) is 18.7. The van der Waals surface area contributed by atoms with E-state index < -0.39 is 11.6 Å². The van der Waals surface area contributed by atoms with Crippen LogP contribution in [0, 0.1) is 17.6 Å². The number of carbonyl (C=O) groups is 1. The zero-order valence-electron chi connectivity index (χ0n) is 14.7. The summed E-state index contributed by atoms with van der Waals surface area (Å²) in [5.74, 6) is -0.439. The number of imidazole rings is 1. The standard InChI is InChI=1S/C20H21F2N3O/c1-12(2)19(20-23-16-5-3-4-6-17(16)24-20)25-18(26)10-7-13-11-14(21)8-9-15(13)22/h3-6,8-9,11-12,19H,7,10H2,1-2H3,(H,23,24)(H,25,26). The van der Waals surface area contributed by atoms with Crippen LogP contribution in [0.25, 0.3) is 11.0 Å². The number of hydrogen-bond donors (Lipinski definition) is 2. The van der Waals surface area contributed by atoms with Crippen molar-refractivity contribution in [2.45, 2.75) is 32.7 Å². The van der Waals surface area contributed by atoms with Gasteiger partial charge in [0, 0.05) is 6.42 Å². The minimum atomic E-state index is -0.510. The molecule has 6 heteroatoms. The molecule has 0 aliphatic heterocycles. The molecule has 0 fully saturated rings. The smallest absolute Gasteiger partial charge is 0.220 e. The molecular weight excluding hydrogens is 336 g/mol. The number of aromatic nitrogens is 2. The molecule has 136 valence electrons. The van der Waals surface area contributed by atoms with Crippen LogP contribution in [0.15, 0.2) is 42.5 Å². The number of hydrogen-bond acceptors (Lipinski definition) is 2. The predicted octanol–water partition coefficient (Wildman–Crippen LogP) is 4.29. The van der Waals surface area contributed by atoms with Crippen molar-refractivity contribution in [2.24, 2.45) is 5.92 Å². The number of H-pyrrole nitrogens is 1. The minimum absolute atomic E-state index is 0.0732. The van der Waals surface area contributed by atoms with Crippen molar-refractivity contribution in [3.05, 3.63) is 65.5 Å². The highest BCUT2D eigenvalue weighted by molar-refractivity contribution is 5.77. The number of aromatic amines is 1. The Morgan fingerprint density at radius 3 is 2.69 bits per heavy atom. The van der Waals surface area contributed by atoms with Crippen LogP contribution in [0.2, 0.25) is 0 Å². The van der Waals surface area contributed by atoms with Crippen LogP contribution in [-0.2, 0) is 11.2 Å². The monoisotopic (exact) mass is 357 g/mol. The SMILES string of the molecule is CC(C)C(NC(=O)CCc1cc(F)ccc1F)c1nc2ccccc2[nH]1. The highest BCUT2D eigenvalue weighted by atomic mass is 19.1. The first kappa shape index (κ1) is 18.0. The molecule has 0 saturated carbocycles. The lowest BCUT2D eigenvalue weighted by atomic mass is 10.0. The number of aryl methyl sites for hydroxylation is 1. The molecule has 0 radical (unpaired) electrons. The van der Waals surface area contributed by atoms with Crippen molar-refractivity contribution in [3.8, 4) is 0 Å². The first-order valence-electron chi connectivity index (χ1n) is 8.62. The highest BCUT2D eigenvalue weighted by Crippen LogP contribution is 2.22. The molecule has 1 amide bonds. The highest BCUT2D eigenvalue weighted by Gasteiger charge is 2.22. The van der Waals surface area contributed by atoms with Gasteiger partial charge in [0.1, 0.15) is 17.5 Å². The van der Waals surface area contributed by atoms with Gasteiger partial charge in [-0.3, -0.25) is 4.79 Å². The summed E-state index contributed by atoms with van der Waals surface area (Å²) < 4.78 is 26.9. The summed E-state index contributed by atoms with van der Waals surface area (Å²) in [5.41, 5.74) is 1.94.